The molecule has 0 aromatic heterocycles. The molecule has 0 N–H and O–H groups in total. The average Bonchev–Trinajstić information content (AvgIpc) is 2.04. The molecule has 0 amide bonds. The van der Waals surface area contributed by atoms with Crippen molar-refractivity contribution in [2.24, 2.45) is 0 Å². The summed E-state index contributed by atoms with van der Waals surface area (Å²) in [7, 11) is -1.02. The van der Waals surface area contributed by atoms with Gasteiger partial charge in [0.1, 0.15) is 8.07 Å². The molecule has 0 nitrogen and oxygen atoms in total. The van der Waals surface area contributed by atoms with Gasteiger partial charge in [-0.3, -0.25) is 0 Å². The Kier molecular flexibility index (Phi) is 5.99. The summed E-state index contributed by atoms with van der Waals surface area (Å²) >= 11 is 0. The van der Waals surface area contributed by atoms with Crippen molar-refractivity contribution in [3.8, 4) is 11.5 Å². The van der Waals surface area contributed by atoms with E-state index in [1.807, 2.05) is 25.1 Å². The van der Waals surface area contributed by atoms with Crippen molar-refractivity contribution >= 4 is 8.07 Å². The smallest absolute Gasteiger partial charge is 0.129 e. The van der Waals surface area contributed by atoms with E-state index in [1.54, 1.807) is 0 Å². The maximum Gasteiger partial charge on any atom is 0.129 e. The highest BCUT2D eigenvalue weighted by atomic mass is 28.3. The molecule has 0 aliphatic rings. The summed E-state index contributed by atoms with van der Waals surface area (Å²) in [6, 6.07) is 10.3. The van der Waals surface area contributed by atoms with Crippen molar-refractivity contribution in [2.75, 3.05) is 0 Å². The Morgan fingerprint density at radius 3 is 1.64 bits per heavy atom. The molecule has 1 aromatic rings. The molecule has 0 radical (unpaired) electrons. The van der Waals surface area contributed by atoms with Crippen LogP contribution in [0.15, 0.2) is 30.3 Å². The molecule has 76 valence electrons. The van der Waals surface area contributed by atoms with Gasteiger partial charge in [-0.15, -0.1) is 11.5 Å². The lowest BCUT2D eigenvalue weighted by atomic mass is 10.2. The van der Waals surface area contributed by atoms with Gasteiger partial charge in [0.2, 0.25) is 0 Å². The molecule has 0 saturated carbocycles. The van der Waals surface area contributed by atoms with Gasteiger partial charge in [-0.2, -0.15) is 0 Å². The molecule has 0 aliphatic carbocycles. The summed E-state index contributed by atoms with van der Waals surface area (Å²) in [6.07, 6.45) is 0. The van der Waals surface area contributed by atoms with Crippen molar-refractivity contribution < 1.29 is 0 Å². The van der Waals surface area contributed by atoms with Crippen LogP contribution in [0.3, 0.4) is 0 Å². The Hall–Kier alpha value is -1.00. The number of aryl methyl sites for hydroxylation is 1. The minimum atomic E-state index is -1.02. The quantitative estimate of drug-likeness (QED) is 0.444. The van der Waals surface area contributed by atoms with Crippen molar-refractivity contribution in [3.05, 3.63) is 35.9 Å². The van der Waals surface area contributed by atoms with Crippen LogP contribution in [0.25, 0.3) is 0 Å². The van der Waals surface area contributed by atoms with Gasteiger partial charge in [-0.05, 0) is 13.8 Å². The molecule has 1 heteroatoms. The largest absolute Gasteiger partial charge is 0.132 e. The van der Waals surface area contributed by atoms with E-state index < -0.39 is 8.07 Å². The molecule has 1 rings (SSSR count). The third-order valence-corrected chi connectivity index (χ3v) is 2.44. The second-order valence-corrected chi connectivity index (χ2v) is 9.03. The maximum atomic E-state index is 3.17. The van der Waals surface area contributed by atoms with E-state index in [0.717, 1.165) is 0 Å². The highest BCUT2D eigenvalue weighted by Crippen LogP contribution is 1.95. The molecular formula is C13H20Si. The van der Waals surface area contributed by atoms with Crippen molar-refractivity contribution in [2.45, 2.75) is 33.5 Å². The molecule has 0 bridgehead atoms. The van der Waals surface area contributed by atoms with Crippen LogP contribution in [0.1, 0.15) is 12.5 Å². The first-order chi connectivity index (χ1) is 6.45. The zero-order chi connectivity index (χ0) is 11.0. The van der Waals surface area contributed by atoms with Gasteiger partial charge in [-0.1, -0.05) is 55.5 Å². The van der Waals surface area contributed by atoms with Crippen LogP contribution in [0, 0.1) is 18.4 Å². The van der Waals surface area contributed by atoms with Crippen molar-refractivity contribution in [3.63, 3.8) is 0 Å². The molecule has 0 unspecified atom stereocenters. The minimum absolute atomic E-state index is 1.02. The summed E-state index contributed by atoms with van der Waals surface area (Å²) in [5, 5.41) is 0. The first-order valence-electron chi connectivity index (χ1n) is 4.91. The lowest BCUT2D eigenvalue weighted by molar-refractivity contribution is 1.48. The van der Waals surface area contributed by atoms with Gasteiger partial charge in [0.15, 0.2) is 0 Å². The summed E-state index contributed by atoms with van der Waals surface area (Å²) in [6.45, 7) is 10.7. The average molecular weight is 204 g/mol. The molecule has 1 aromatic carbocycles. The van der Waals surface area contributed by atoms with Gasteiger partial charge in [0.25, 0.3) is 0 Å². The third-order valence-electron chi connectivity index (χ3n) is 1.44. The zero-order valence-corrected chi connectivity index (χ0v) is 10.9. The summed E-state index contributed by atoms with van der Waals surface area (Å²) in [4.78, 5) is 0. The summed E-state index contributed by atoms with van der Waals surface area (Å²) in [5.74, 6) is 2.92. The summed E-state index contributed by atoms with van der Waals surface area (Å²) in [5.41, 5.74) is 4.50. The first-order valence-corrected chi connectivity index (χ1v) is 8.41. The van der Waals surface area contributed by atoms with Crippen molar-refractivity contribution in [1.29, 1.82) is 0 Å². The van der Waals surface area contributed by atoms with Crippen molar-refractivity contribution in [1.82, 2.24) is 0 Å². The van der Waals surface area contributed by atoms with Crippen LogP contribution in [-0.4, -0.2) is 8.07 Å². The molecule has 0 spiro atoms. The lowest BCUT2D eigenvalue weighted by Gasteiger charge is -2.01. The number of benzene rings is 1. The van der Waals surface area contributed by atoms with E-state index in [0.29, 0.717) is 0 Å². The van der Waals surface area contributed by atoms with Crippen LogP contribution >= 0.6 is 0 Å². The van der Waals surface area contributed by atoms with E-state index in [-0.39, 0.29) is 0 Å². The van der Waals surface area contributed by atoms with Gasteiger partial charge in [-0.25, -0.2) is 0 Å². The molecular weight excluding hydrogens is 184 g/mol. The van der Waals surface area contributed by atoms with E-state index in [1.165, 1.54) is 5.56 Å². The molecule has 14 heavy (non-hydrogen) atoms. The Morgan fingerprint density at radius 2 is 1.50 bits per heavy atom. The van der Waals surface area contributed by atoms with Crippen LogP contribution < -0.4 is 0 Å². The monoisotopic (exact) mass is 204 g/mol. The van der Waals surface area contributed by atoms with Crippen LogP contribution in [0.4, 0.5) is 0 Å². The number of rotatable bonds is 0. The van der Waals surface area contributed by atoms with Crippen LogP contribution in [0.5, 0.6) is 0 Å². The first kappa shape index (κ1) is 13.0. The predicted octanol–water partition coefficient (Wildman–Crippen LogP) is 3.88. The fourth-order valence-electron chi connectivity index (χ4n) is 0.909. The molecule has 0 aliphatic heterocycles. The van der Waals surface area contributed by atoms with E-state index in [4.69, 9.17) is 0 Å². The summed E-state index contributed by atoms with van der Waals surface area (Å²) < 4.78 is 0. The van der Waals surface area contributed by atoms with E-state index in [9.17, 15) is 0 Å². The van der Waals surface area contributed by atoms with Gasteiger partial charge in [0.05, 0.1) is 0 Å². The van der Waals surface area contributed by atoms with Gasteiger partial charge >= 0.3 is 0 Å². The standard InChI is InChI=1S/C7H8.C6H12Si/c1-7-5-3-2-4-6-7;1-5-6-7(2,3)4/h2-6H,1H3;1-4H3. The number of hydrogen-bond acceptors (Lipinski definition) is 0. The molecule has 0 fully saturated rings. The molecule has 0 saturated heterocycles. The van der Waals surface area contributed by atoms with E-state index in [2.05, 4.69) is 50.2 Å². The maximum absolute atomic E-state index is 3.17. The lowest BCUT2D eigenvalue weighted by Crippen LogP contribution is -2.15. The second-order valence-electron chi connectivity index (χ2n) is 4.28. The Morgan fingerprint density at radius 1 is 1.00 bits per heavy atom. The van der Waals surface area contributed by atoms with Gasteiger partial charge in [0, 0.05) is 0 Å². The van der Waals surface area contributed by atoms with Crippen LogP contribution in [0.2, 0.25) is 19.6 Å². The van der Waals surface area contributed by atoms with Gasteiger partial charge < -0.3 is 0 Å². The Labute approximate surface area is 89.4 Å². The highest BCUT2D eigenvalue weighted by Gasteiger charge is 2.06. The third kappa shape index (κ3) is 9.09. The highest BCUT2D eigenvalue weighted by molar-refractivity contribution is 6.83. The minimum Gasteiger partial charge on any atom is -0.132 e. The Balaban J connectivity index is 0.000000241. The van der Waals surface area contributed by atoms with E-state index >= 15 is 0 Å². The fourth-order valence-corrected chi connectivity index (χ4v) is 1.66. The predicted molar refractivity (Wildman–Crippen MR) is 68.0 cm³/mol. The fraction of sp³-hybridized carbons (Fsp3) is 0.385. The molecule has 0 heterocycles. The normalized spacial score (nSPS) is 9.21. The Bertz CT molecular complexity index is 295. The van der Waals surface area contributed by atoms with Crippen LogP contribution in [-0.2, 0) is 0 Å². The SMILES string of the molecule is CC#C[Si](C)(C)C.Cc1ccccc1. The topological polar surface area (TPSA) is 0 Å². The number of hydrogen-bond donors (Lipinski definition) is 0. The molecule has 0 atom stereocenters. The second kappa shape index (κ2) is 6.45. The zero-order valence-electron chi connectivity index (χ0n) is 9.89.